The van der Waals surface area contributed by atoms with Gasteiger partial charge in [0.05, 0.1) is 9.26 Å². The first kappa shape index (κ1) is 12.0. The van der Waals surface area contributed by atoms with Crippen molar-refractivity contribution in [1.29, 1.82) is 0 Å². The third-order valence-corrected chi connectivity index (χ3v) is 4.19. The lowest BCUT2D eigenvalue weighted by Crippen LogP contribution is -2.10. The number of nitrogens with two attached hydrogens (primary N) is 1. The molecule has 0 bridgehead atoms. The highest BCUT2D eigenvalue weighted by molar-refractivity contribution is 14.1. The number of aromatic nitrogens is 2. The molecule has 0 saturated heterocycles. The smallest absolute Gasteiger partial charge is 0.154 e. The Balaban J connectivity index is 2.40. The van der Waals surface area contributed by atoms with E-state index < -0.39 is 9.84 Å². The molecule has 0 unspecified atom stereocenters. The SMILES string of the molecule is CS(=O)(=O)Cc1nc(N)c(I)c(C2CC2)n1. The summed E-state index contributed by atoms with van der Waals surface area (Å²) < 4.78 is 23.2. The van der Waals surface area contributed by atoms with Crippen LogP contribution in [0.5, 0.6) is 0 Å². The quantitative estimate of drug-likeness (QED) is 0.822. The molecule has 5 nitrogen and oxygen atoms in total. The molecule has 1 aliphatic carbocycles. The molecule has 0 aromatic carbocycles. The lowest BCUT2D eigenvalue weighted by Gasteiger charge is -2.07. The molecule has 0 aliphatic heterocycles. The van der Waals surface area contributed by atoms with Crippen molar-refractivity contribution in [3.63, 3.8) is 0 Å². The van der Waals surface area contributed by atoms with E-state index in [0.717, 1.165) is 22.1 Å². The van der Waals surface area contributed by atoms with Crippen LogP contribution in [-0.2, 0) is 15.6 Å². The second-order valence-electron chi connectivity index (χ2n) is 4.07. The van der Waals surface area contributed by atoms with Crippen LogP contribution >= 0.6 is 22.6 Å². The van der Waals surface area contributed by atoms with Crippen molar-refractivity contribution >= 4 is 38.2 Å². The van der Waals surface area contributed by atoms with E-state index >= 15 is 0 Å². The number of halogens is 1. The van der Waals surface area contributed by atoms with Crippen molar-refractivity contribution < 1.29 is 8.42 Å². The molecule has 2 N–H and O–H groups in total. The van der Waals surface area contributed by atoms with E-state index in [9.17, 15) is 8.42 Å². The number of anilines is 1. The van der Waals surface area contributed by atoms with Crippen molar-refractivity contribution in [3.8, 4) is 0 Å². The number of hydrogen-bond donors (Lipinski definition) is 1. The van der Waals surface area contributed by atoms with Gasteiger partial charge in [0.25, 0.3) is 0 Å². The minimum Gasteiger partial charge on any atom is -0.383 e. The lowest BCUT2D eigenvalue weighted by atomic mass is 10.3. The fourth-order valence-corrected chi connectivity index (χ4v) is 2.74. The molecular weight excluding hydrogens is 341 g/mol. The van der Waals surface area contributed by atoms with Gasteiger partial charge in [-0.3, -0.25) is 0 Å². The Hall–Kier alpha value is -0.440. The van der Waals surface area contributed by atoms with Crippen LogP contribution in [0, 0.1) is 3.57 Å². The number of nitrogens with zero attached hydrogens (tertiary/aromatic N) is 2. The second kappa shape index (κ2) is 4.10. The molecular formula is C9H12IN3O2S. The zero-order chi connectivity index (χ0) is 11.9. The van der Waals surface area contributed by atoms with Crippen LogP contribution in [0.3, 0.4) is 0 Å². The van der Waals surface area contributed by atoms with Crippen LogP contribution in [-0.4, -0.2) is 24.6 Å². The van der Waals surface area contributed by atoms with Crippen LogP contribution in [0.2, 0.25) is 0 Å². The van der Waals surface area contributed by atoms with Crippen molar-refractivity contribution in [3.05, 3.63) is 15.1 Å². The molecule has 0 spiro atoms. The largest absolute Gasteiger partial charge is 0.383 e. The highest BCUT2D eigenvalue weighted by atomic mass is 127. The predicted molar refractivity (Wildman–Crippen MR) is 69.7 cm³/mol. The molecule has 1 fully saturated rings. The average Bonchev–Trinajstić information content (AvgIpc) is 2.91. The molecule has 0 amide bonds. The maximum absolute atomic E-state index is 11.2. The van der Waals surface area contributed by atoms with E-state index in [1.165, 1.54) is 6.26 Å². The number of rotatable bonds is 3. The zero-order valence-electron chi connectivity index (χ0n) is 8.77. The molecule has 1 saturated carbocycles. The molecule has 1 aromatic rings. The van der Waals surface area contributed by atoms with E-state index in [1.54, 1.807) is 0 Å². The molecule has 1 aliphatic rings. The Kier molecular flexibility index (Phi) is 3.08. The lowest BCUT2D eigenvalue weighted by molar-refractivity contribution is 0.599. The van der Waals surface area contributed by atoms with Gasteiger partial charge in [0.2, 0.25) is 0 Å². The summed E-state index contributed by atoms with van der Waals surface area (Å²) in [5, 5.41) is 0. The summed E-state index contributed by atoms with van der Waals surface area (Å²) in [4.78, 5) is 8.31. The first-order valence-corrected chi connectivity index (χ1v) is 8.00. The van der Waals surface area contributed by atoms with Gasteiger partial charge >= 0.3 is 0 Å². The summed E-state index contributed by atoms with van der Waals surface area (Å²) in [5.41, 5.74) is 6.66. The summed E-state index contributed by atoms with van der Waals surface area (Å²) in [5.74, 6) is 0.988. The summed E-state index contributed by atoms with van der Waals surface area (Å²) in [7, 11) is -3.11. The standard InChI is InChI=1S/C9H12IN3O2S/c1-16(14,15)4-6-12-8(5-2-3-5)7(10)9(11)13-6/h5H,2-4H2,1H3,(H2,11,12,13). The monoisotopic (exact) mass is 353 g/mol. The van der Waals surface area contributed by atoms with Crippen molar-refractivity contribution in [1.82, 2.24) is 9.97 Å². The molecule has 1 aromatic heterocycles. The number of hydrogen-bond acceptors (Lipinski definition) is 5. The van der Waals surface area contributed by atoms with Crippen molar-refractivity contribution in [2.24, 2.45) is 0 Å². The van der Waals surface area contributed by atoms with Crippen LogP contribution in [0.1, 0.15) is 30.3 Å². The maximum atomic E-state index is 11.2. The number of nitrogen functional groups attached to an aromatic ring is 1. The van der Waals surface area contributed by atoms with E-state index in [1.807, 2.05) is 0 Å². The molecule has 2 rings (SSSR count). The molecule has 88 valence electrons. The second-order valence-corrected chi connectivity index (χ2v) is 7.29. The maximum Gasteiger partial charge on any atom is 0.154 e. The molecule has 0 atom stereocenters. The normalized spacial score (nSPS) is 16.4. The third-order valence-electron chi connectivity index (χ3n) is 2.30. The first-order valence-electron chi connectivity index (χ1n) is 4.86. The van der Waals surface area contributed by atoms with Gasteiger partial charge in [0.1, 0.15) is 17.4 Å². The Morgan fingerprint density at radius 1 is 1.44 bits per heavy atom. The summed E-state index contributed by atoms with van der Waals surface area (Å²) in [6, 6.07) is 0. The topological polar surface area (TPSA) is 85.9 Å². The highest BCUT2D eigenvalue weighted by Gasteiger charge is 2.29. The predicted octanol–water partition coefficient (Wildman–Crippen LogP) is 1.09. The Morgan fingerprint density at radius 3 is 2.56 bits per heavy atom. The van der Waals surface area contributed by atoms with Gasteiger partial charge in [-0.2, -0.15) is 0 Å². The van der Waals surface area contributed by atoms with Gasteiger partial charge in [-0.25, -0.2) is 18.4 Å². The van der Waals surface area contributed by atoms with Gasteiger partial charge in [0.15, 0.2) is 9.84 Å². The Bertz CT molecular complexity index is 526. The van der Waals surface area contributed by atoms with Crippen LogP contribution in [0.15, 0.2) is 0 Å². The highest BCUT2D eigenvalue weighted by Crippen LogP contribution is 2.41. The van der Waals surface area contributed by atoms with Gasteiger partial charge in [0, 0.05) is 12.2 Å². The zero-order valence-corrected chi connectivity index (χ0v) is 11.7. The van der Waals surface area contributed by atoms with E-state index in [0.29, 0.717) is 17.6 Å². The summed E-state index contributed by atoms with van der Waals surface area (Å²) in [6.07, 6.45) is 3.37. The van der Waals surface area contributed by atoms with Crippen LogP contribution in [0.25, 0.3) is 0 Å². The van der Waals surface area contributed by atoms with Crippen molar-refractivity contribution in [2.75, 3.05) is 12.0 Å². The van der Waals surface area contributed by atoms with Gasteiger partial charge in [-0.15, -0.1) is 0 Å². The molecule has 1 heterocycles. The minimum atomic E-state index is -3.11. The molecule has 16 heavy (non-hydrogen) atoms. The van der Waals surface area contributed by atoms with Crippen LogP contribution in [0.4, 0.5) is 5.82 Å². The summed E-state index contributed by atoms with van der Waals surface area (Å²) in [6.45, 7) is 0. The minimum absolute atomic E-state index is 0.145. The Labute approximate surface area is 108 Å². The van der Waals surface area contributed by atoms with Crippen molar-refractivity contribution in [2.45, 2.75) is 24.5 Å². The van der Waals surface area contributed by atoms with E-state index in [4.69, 9.17) is 5.73 Å². The average molecular weight is 353 g/mol. The van der Waals surface area contributed by atoms with Gasteiger partial charge in [-0.05, 0) is 35.4 Å². The van der Waals surface area contributed by atoms with E-state index in [2.05, 4.69) is 32.6 Å². The fourth-order valence-electron chi connectivity index (χ4n) is 1.46. The summed E-state index contributed by atoms with van der Waals surface area (Å²) >= 11 is 2.11. The van der Waals surface area contributed by atoms with Gasteiger partial charge in [-0.1, -0.05) is 0 Å². The first-order chi connectivity index (χ1) is 7.37. The fraction of sp³-hybridized carbons (Fsp3) is 0.556. The molecule has 7 heteroatoms. The molecule has 0 radical (unpaired) electrons. The number of sulfone groups is 1. The van der Waals surface area contributed by atoms with Crippen LogP contribution < -0.4 is 5.73 Å². The van der Waals surface area contributed by atoms with Gasteiger partial charge < -0.3 is 5.73 Å². The van der Waals surface area contributed by atoms with E-state index in [-0.39, 0.29) is 5.75 Å². The third kappa shape index (κ3) is 2.82. The Morgan fingerprint density at radius 2 is 2.06 bits per heavy atom.